The topological polar surface area (TPSA) is 26.3 Å². The monoisotopic (exact) mass is 220 g/mol. The Hall–Kier alpha value is -0.127. The molecule has 0 aliphatic heterocycles. The molecule has 0 bridgehead atoms. The number of hydrogen-bond donors (Lipinski definition) is 0. The number of benzene rings is 1. The van der Waals surface area contributed by atoms with Crippen LogP contribution in [0.25, 0.3) is 0 Å². The normalized spacial score (nSPS) is 9.55. The van der Waals surface area contributed by atoms with Crippen LogP contribution < -0.4 is 4.52 Å². The molecule has 0 spiro atoms. The molecule has 1 aromatic rings. The van der Waals surface area contributed by atoms with Gasteiger partial charge in [0, 0.05) is 19.5 Å². The minimum Gasteiger partial charge on any atom is -0.447 e. The minimum atomic E-state index is -1.14. The predicted molar refractivity (Wildman–Crippen MR) is 42.2 cm³/mol. The third-order valence-electron chi connectivity index (χ3n) is 1.27. The average molecular weight is 222 g/mol. The molecule has 0 saturated carbocycles. The number of rotatable bonds is 2. The van der Waals surface area contributed by atoms with Gasteiger partial charge in [0.1, 0.15) is 5.75 Å². The Morgan fingerprint density at radius 2 is 2.00 bits per heavy atom. The Labute approximate surface area is 80.0 Å². The second-order valence-corrected chi connectivity index (χ2v) is 2.41. The Balaban J connectivity index is 0.000001000. The van der Waals surface area contributed by atoms with Crippen molar-refractivity contribution in [2.45, 2.75) is 6.92 Å². The maximum atomic E-state index is 10.1. The molecule has 11 heavy (non-hydrogen) atoms. The zero-order valence-corrected chi connectivity index (χ0v) is 10.5. The van der Waals surface area contributed by atoms with Gasteiger partial charge in [0.25, 0.3) is 0 Å². The van der Waals surface area contributed by atoms with Gasteiger partial charge in [-0.25, -0.2) is 0 Å². The van der Waals surface area contributed by atoms with Crippen molar-refractivity contribution in [2.24, 2.45) is 0 Å². The van der Waals surface area contributed by atoms with Crippen molar-refractivity contribution >= 4 is 8.69 Å². The van der Waals surface area contributed by atoms with E-state index in [1.165, 1.54) is 0 Å². The van der Waals surface area contributed by atoms with Gasteiger partial charge in [-0.3, -0.25) is 4.57 Å². The van der Waals surface area contributed by atoms with Crippen molar-refractivity contribution in [1.29, 1.82) is 0 Å². The second kappa shape index (κ2) is 5.51. The van der Waals surface area contributed by atoms with Crippen molar-refractivity contribution in [2.75, 3.05) is 0 Å². The van der Waals surface area contributed by atoms with Gasteiger partial charge in [0.05, 0.1) is 0 Å². The van der Waals surface area contributed by atoms with E-state index in [4.69, 9.17) is 4.52 Å². The van der Waals surface area contributed by atoms with E-state index >= 15 is 0 Å². The SMILES string of the molecule is Cc1ccccc1O[PH2]=O.[Zn]. The van der Waals surface area contributed by atoms with Crippen molar-refractivity contribution in [1.82, 2.24) is 0 Å². The summed E-state index contributed by atoms with van der Waals surface area (Å²) >= 11 is 0. The standard InChI is InChI=1S/C7H9O2P.Zn/c1-6-4-2-3-5-7(6)9-10-8;/h2-5H,10H2,1H3;. The van der Waals surface area contributed by atoms with E-state index in [0.717, 1.165) is 5.56 Å². The minimum absolute atomic E-state index is 0. The Morgan fingerprint density at radius 1 is 1.36 bits per heavy atom. The first-order valence-corrected chi connectivity index (χ1v) is 3.95. The maximum Gasteiger partial charge on any atom is 0.225 e. The molecule has 0 aliphatic carbocycles. The molecule has 56 valence electrons. The van der Waals surface area contributed by atoms with Gasteiger partial charge in [0.15, 0.2) is 0 Å². The van der Waals surface area contributed by atoms with E-state index < -0.39 is 8.69 Å². The van der Waals surface area contributed by atoms with Crippen molar-refractivity contribution in [3.63, 3.8) is 0 Å². The van der Waals surface area contributed by atoms with Crippen LogP contribution in [-0.4, -0.2) is 0 Å². The first-order valence-electron chi connectivity index (χ1n) is 3.00. The Bertz CT molecular complexity index is 240. The summed E-state index contributed by atoms with van der Waals surface area (Å²) in [5, 5.41) is 0. The fraction of sp³-hybridized carbons (Fsp3) is 0.143. The molecular weight excluding hydrogens is 212 g/mol. The molecule has 1 aromatic carbocycles. The fourth-order valence-corrected chi connectivity index (χ4v) is 1.11. The van der Waals surface area contributed by atoms with E-state index in [1.54, 1.807) is 6.07 Å². The summed E-state index contributed by atoms with van der Waals surface area (Å²) in [5.41, 5.74) is 1.02. The molecule has 2 nitrogen and oxygen atoms in total. The predicted octanol–water partition coefficient (Wildman–Crippen LogP) is 2.04. The maximum absolute atomic E-state index is 10.1. The molecule has 1 rings (SSSR count). The van der Waals surface area contributed by atoms with Crippen LogP contribution in [0.5, 0.6) is 5.75 Å². The van der Waals surface area contributed by atoms with Crippen molar-refractivity contribution < 1.29 is 28.6 Å². The summed E-state index contributed by atoms with van der Waals surface area (Å²) in [5.74, 6) is 0.715. The molecule has 4 heteroatoms. The van der Waals surface area contributed by atoms with Gasteiger partial charge < -0.3 is 4.52 Å². The van der Waals surface area contributed by atoms with Crippen LogP contribution >= 0.6 is 8.69 Å². The second-order valence-electron chi connectivity index (χ2n) is 1.98. The van der Waals surface area contributed by atoms with Crippen LogP contribution in [0.1, 0.15) is 5.56 Å². The molecule has 0 radical (unpaired) electrons. The summed E-state index contributed by atoms with van der Waals surface area (Å²) in [6, 6.07) is 7.50. The molecule has 1 unspecified atom stereocenters. The molecular formula is C7H9O2PZn. The quantitative estimate of drug-likeness (QED) is 0.564. The molecule has 0 fully saturated rings. The van der Waals surface area contributed by atoms with E-state index in [-0.39, 0.29) is 19.5 Å². The number of hydrogen-bond acceptors (Lipinski definition) is 2. The van der Waals surface area contributed by atoms with Gasteiger partial charge in [0.2, 0.25) is 8.69 Å². The van der Waals surface area contributed by atoms with Gasteiger partial charge >= 0.3 is 0 Å². The largest absolute Gasteiger partial charge is 0.447 e. The first kappa shape index (κ1) is 10.9. The van der Waals surface area contributed by atoms with Crippen molar-refractivity contribution in [3.05, 3.63) is 29.8 Å². The van der Waals surface area contributed by atoms with E-state index in [9.17, 15) is 4.57 Å². The summed E-state index contributed by atoms with van der Waals surface area (Å²) in [4.78, 5) is 0. The molecule has 0 N–H and O–H groups in total. The third kappa shape index (κ3) is 3.18. The van der Waals surface area contributed by atoms with Gasteiger partial charge in [-0.2, -0.15) is 0 Å². The van der Waals surface area contributed by atoms with Crippen molar-refractivity contribution in [3.8, 4) is 5.75 Å². The van der Waals surface area contributed by atoms with Crippen LogP contribution in [-0.2, 0) is 24.0 Å². The molecule has 1 atom stereocenters. The summed E-state index contributed by atoms with van der Waals surface area (Å²) < 4.78 is 15.0. The first-order chi connectivity index (χ1) is 4.84. The Kier molecular flexibility index (Phi) is 5.45. The summed E-state index contributed by atoms with van der Waals surface area (Å²) in [6.45, 7) is 1.92. The Morgan fingerprint density at radius 3 is 2.55 bits per heavy atom. The van der Waals surface area contributed by atoms with Crippen LogP contribution in [0.2, 0.25) is 0 Å². The summed E-state index contributed by atoms with van der Waals surface area (Å²) in [7, 11) is -1.14. The zero-order chi connectivity index (χ0) is 7.40. The van der Waals surface area contributed by atoms with Crippen LogP contribution in [0.4, 0.5) is 0 Å². The molecule has 0 heterocycles. The molecule has 0 saturated heterocycles. The smallest absolute Gasteiger partial charge is 0.225 e. The van der Waals surface area contributed by atoms with Crippen LogP contribution in [0.15, 0.2) is 24.3 Å². The molecule has 0 aromatic heterocycles. The third-order valence-corrected chi connectivity index (χ3v) is 1.62. The molecule has 0 amide bonds. The van der Waals surface area contributed by atoms with Crippen LogP contribution in [0.3, 0.4) is 0 Å². The van der Waals surface area contributed by atoms with E-state index in [2.05, 4.69) is 0 Å². The van der Waals surface area contributed by atoms with Crippen LogP contribution in [0, 0.1) is 6.92 Å². The average Bonchev–Trinajstić information content (AvgIpc) is 1.94. The molecule has 0 aliphatic rings. The summed E-state index contributed by atoms with van der Waals surface area (Å²) in [6.07, 6.45) is 0. The van der Waals surface area contributed by atoms with Gasteiger partial charge in [-0.05, 0) is 18.6 Å². The van der Waals surface area contributed by atoms with Gasteiger partial charge in [-0.1, -0.05) is 18.2 Å². The number of aryl methyl sites for hydroxylation is 1. The number of para-hydroxylation sites is 1. The van der Waals surface area contributed by atoms with Gasteiger partial charge in [-0.15, -0.1) is 0 Å². The zero-order valence-electron chi connectivity index (χ0n) is 6.41. The fourth-order valence-electron chi connectivity index (χ4n) is 0.740. The van der Waals surface area contributed by atoms with E-state index in [1.807, 2.05) is 25.1 Å². The van der Waals surface area contributed by atoms with E-state index in [0.29, 0.717) is 5.75 Å².